The predicted octanol–water partition coefficient (Wildman–Crippen LogP) is 0.851. The molecule has 0 aromatic heterocycles. The average molecular weight is 347 g/mol. The van der Waals surface area contributed by atoms with Crippen LogP contribution in [0.5, 0.6) is 0 Å². The number of nitrogens with one attached hydrogen (secondary N) is 1. The van der Waals surface area contributed by atoms with Crippen molar-refractivity contribution in [3.05, 3.63) is 30.3 Å². The zero-order chi connectivity index (χ0) is 17.1. The third-order valence-corrected chi connectivity index (χ3v) is 4.90. The van der Waals surface area contributed by atoms with Crippen LogP contribution in [0.4, 0.5) is 10.5 Å². The minimum absolute atomic E-state index is 0.0809. The maximum atomic E-state index is 12.2. The Balaban J connectivity index is 1.50. The van der Waals surface area contributed by atoms with Gasteiger partial charge < -0.3 is 10.2 Å². The second-order valence-electron chi connectivity index (χ2n) is 5.63. The van der Waals surface area contributed by atoms with E-state index in [1.54, 1.807) is 4.90 Å². The molecule has 1 N–H and O–H groups in total. The molecule has 0 unspecified atom stereocenters. The number of imide groups is 1. The first-order valence-electron chi connectivity index (χ1n) is 7.66. The van der Waals surface area contributed by atoms with E-state index in [9.17, 15) is 19.2 Å². The number of amides is 4. The average Bonchev–Trinajstić information content (AvgIpc) is 3.12. The lowest BCUT2D eigenvalue weighted by atomic mass is 10.1. The summed E-state index contributed by atoms with van der Waals surface area (Å²) in [5.41, 5.74) is 0.781. The molecule has 126 valence electrons. The van der Waals surface area contributed by atoms with Gasteiger partial charge in [0, 0.05) is 31.7 Å². The Hall–Kier alpha value is -2.35. The van der Waals surface area contributed by atoms with E-state index in [0.29, 0.717) is 6.54 Å². The van der Waals surface area contributed by atoms with Crippen molar-refractivity contribution in [3.8, 4) is 0 Å². The Kier molecular flexibility index (Phi) is 4.84. The highest BCUT2D eigenvalue weighted by Crippen LogP contribution is 2.24. The number of carbonyl (C=O) groups excluding carboxylic acids is 4. The van der Waals surface area contributed by atoms with E-state index in [2.05, 4.69) is 5.32 Å². The Morgan fingerprint density at radius 3 is 2.58 bits per heavy atom. The maximum Gasteiger partial charge on any atom is 0.288 e. The quantitative estimate of drug-likeness (QED) is 0.853. The predicted molar refractivity (Wildman–Crippen MR) is 89.5 cm³/mol. The van der Waals surface area contributed by atoms with Gasteiger partial charge in [-0.1, -0.05) is 30.0 Å². The van der Waals surface area contributed by atoms with Gasteiger partial charge in [-0.25, -0.2) is 0 Å². The van der Waals surface area contributed by atoms with Gasteiger partial charge in [-0.05, 0) is 12.1 Å². The molecule has 8 heteroatoms. The molecule has 24 heavy (non-hydrogen) atoms. The van der Waals surface area contributed by atoms with Crippen molar-refractivity contribution in [1.29, 1.82) is 0 Å². The van der Waals surface area contributed by atoms with E-state index in [1.165, 1.54) is 0 Å². The molecule has 2 saturated heterocycles. The molecule has 0 radical (unpaired) electrons. The molecular formula is C16H17N3O4S. The van der Waals surface area contributed by atoms with Gasteiger partial charge in [0.1, 0.15) is 0 Å². The van der Waals surface area contributed by atoms with Gasteiger partial charge in [0.05, 0.1) is 11.7 Å². The molecule has 0 aliphatic carbocycles. The normalized spacial score (nSPS) is 20.8. The summed E-state index contributed by atoms with van der Waals surface area (Å²) < 4.78 is 0. The minimum Gasteiger partial charge on any atom is -0.354 e. The topological polar surface area (TPSA) is 86.8 Å². The number of hydrogen-bond acceptors (Lipinski definition) is 5. The second-order valence-corrected chi connectivity index (χ2v) is 6.56. The highest BCUT2D eigenvalue weighted by atomic mass is 32.2. The van der Waals surface area contributed by atoms with Crippen LogP contribution in [0.25, 0.3) is 0 Å². The molecule has 0 saturated carbocycles. The highest BCUT2D eigenvalue weighted by molar-refractivity contribution is 8.14. The molecular weight excluding hydrogens is 330 g/mol. The van der Waals surface area contributed by atoms with Crippen molar-refractivity contribution in [2.75, 3.05) is 30.3 Å². The van der Waals surface area contributed by atoms with Crippen LogP contribution in [-0.4, -0.2) is 53.2 Å². The summed E-state index contributed by atoms with van der Waals surface area (Å²) >= 11 is 0.969. The lowest BCUT2D eigenvalue weighted by Gasteiger charge is -2.17. The van der Waals surface area contributed by atoms with Crippen LogP contribution < -0.4 is 10.2 Å². The molecule has 7 nitrogen and oxygen atoms in total. The number of benzene rings is 1. The Labute approximate surface area is 143 Å². The zero-order valence-electron chi connectivity index (χ0n) is 12.9. The monoisotopic (exact) mass is 347 g/mol. The molecule has 2 heterocycles. The van der Waals surface area contributed by atoms with Crippen molar-refractivity contribution in [2.24, 2.45) is 5.92 Å². The SMILES string of the molecule is O=C(NCCN1C(=O)CSC1=O)[C@H]1CC(=O)N(c2ccccc2)C1. The summed E-state index contributed by atoms with van der Waals surface area (Å²) in [6.45, 7) is 0.707. The van der Waals surface area contributed by atoms with Crippen LogP contribution in [0.15, 0.2) is 30.3 Å². The van der Waals surface area contributed by atoms with Crippen LogP contribution in [0, 0.1) is 5.92 Å². The van der Waals surface area contributed by atoms with Crippen molar-refractivity contribution < 1.29 is 19.2 Å². The van der Waals surface area contributed by atoms with Crippen LogP contribution in [0.1, 0.15) is 6.42 Å². The van der Waals surface area contributed by atoms with Gasteiger partial charge in [0.15, 0.2) is 0 Å². The summed E-state index contributed by atoms with van der Waals surface area (Å²) in [6.07, 6.45) is 0.165. The molecule has 0 spiro atoms. The van der Waals surface area contributed by atoms with E-state index in [-0.39, 0.29) is 48.2 Å². The van der Waals surface area contributed by atoms with E-state index in [1.807, 2.05) is 30.3 Å². The number of thioether (sulfide) groups is 1. The van der Waals surface area contributed by atoms with E-state index in [4.69, 9.17) is 0 Å². The maximum absolute atomic E-state index is 12.2. The number of hydrogen-bond donors (Lipinski definition) is 1. The van der Waals surface area contributed by atoms with Gasteiger partial charge in [-0.15, -0.1) is 0 Å². The van der Waals surface area contributed by atoms with Crippen molar-refractivity contribution in [3.63, 3.8) is 0 Å². The standard InChI is InChI=1S/C16H17N3O4S/c20-13-8-11(9-19(13)12-4-2-1-3-5-12)15(22)17-6-7-18-14(21)10-24-16(18)23/h1-5,11H,6-10H2,(H,17,22)/t11-/m0/s1. The molecule has 2 aliphatic heterocycles. The number of para-hydroxylation sites is 1. The molecule has 2 aliphatic rings. The summed E-state index contributed by atoms with van der Waals surface area (Å²) in [4.78, 5) is 50.0. The molecule has 1 atom stereocenters. The van der Waals surface area contributed by atoms with Crippen molar-refractivity contribution in [2.45, 2.75) is 6.42 Å². The van der Waals surface area contributed by atoms with Gasteiger partial charge in [0.2, 0.25) is 17.7 Å². The first-order valence-corrected chi connectivity index (χ1v) is 8.65. The molecule has 1 aromatic carbocycles. The summed E-state index contributed by atoms with van der Waals surface area (Å²) in [6, 6.07) is 9.23. The van der Waals surface area contributed by atoms with Gasteiger partial charge >= 0.3 is 0 Å². The van der Waals surface area contributed by atoms with Crippen LogP contribution in [-0.2, 0) is 14.4 Å². The number of rotatable bonds is 5. The van der Waals surface area contributed by atoms with Gasteiger partial charge in [0.25, 0.3) is 5.24 Å². The second kappa shape index (κ2) is 7.04. The summed E-state index contributed by atoms with van der Waals surface area (Å²) in [7, 11) is 0. The van der Waals surface area contributed by atoms with E-state index in [0.717, 1.165) is 22.3 Å². The fraction of sp³-hybridized carbons (Fsp3) is 0.375. The Morgan fingerprint density at radius 1 is 1.17 bits per heavy atom. The van der Waals surface area contributed by atoms with Crippen LogP contribution >= 0.6 is 11.8 Å². The van der Waals surface area contributed by atoms with Gasteiger partial charge in [-0.2, -0.15) is 0 Å². The largest absolute Gasteiger partial charge is 0.354 e. The van der Waals surface area contributed by atoms with Crippen LogP contribution in [0.3, 0.4) is 0 Å². The fourth-order valence-corrected chi connectivity index (χ4v) is 3.52. The van der Waals surface area contributed by atoms with Crippen molar-refractivity contribution in [1.82, 2.24) is 10.2 Å². The number of nitrogens with zero attached hydrogens (tertiary/aromatic N) is 2. The molecule has 3 rings (SSSR count). The lowest BCUT2D eigenvalue weighted by Crippen LogP contribution is -2.40. The third kappa shape index (κ3) is 3.43. The van der Waals surface area contributed by atoms with E-state index >= 15 is 0 Å². The lowest BCUT2D eigenvalue weighted by molar-refractivity contribution is -0.127. The summed E-state index contributed by atoms with van der Waals surface area (Å²) in [5, 5.41) is 2.43. The Bertz CT molecular complexity index is 663. The number of carbonyl (C=O) groups is 4. The highest BCUT2D eigenvalue weighted by Gasteiger charge is 2.35. The van der Waals surface area contributed by atoms with Gasteiger partial charge in [-0.3, -0.25) is 24.1 Å². The first kappa shape index (κ1) is 16.5. The fourth-order valence-electron chi connectivity index (χ4n) is 2.77. The minimum atomic E-state index is -0.419. The zero-order valence-corrected chi connectivity index (χ0v) is 13.8. The van der Waals surface area contributed by atoms with Crippen LogP contribution in [0.2, 0.25) is 0 Å². The molecule has 4 amide bonds. The molecule has 1 aromatic rings. The molecule has 2 fully saturated rings. The van der Waals surface area contributed by atoms with Crippen molar-refractivity contribution >= 4 is 40.4 Å². The third-order valence-electron chi connectivity index (χ3n) is 4.04. The summed E-state index contributed by atoms with van der Waals surface area (Å²) in [5.74, 6) is -0.797. The Morgan fingerprint density at radius 2 is 1.92 bits per heavy atom. The smallest absolute Gasteiger partial charge is 0.288 e. The molecule has 0 bridgehead atoms. The first-order chi connectivity index (χ1) is 11.6. The number of anilines is 1. The van der Waals surface area contributed by atoms with E-state index < -0.39 is 5.92 Å².